The van der Waals surface area contributed by atoms with E-state index in [1.807, 2.05) is 6.07 Å². The van der Waals surface area contributed by atoms with Crippen LogP contribution in [0.1, 0.15) is 36.6 Å². The maximum atomic E-state index is 11.5. The second kappa shape index (κ2) is 6.31. The first-order valence-electron chi connectivity index (χ1n) is 5.98. The van der Waals surface area contributed by atoms with Crippen LogP contribution in [0.5, 0.6) is 0 Å². The van der Waals surface area contributed by atoms with Gasteiger partial charge in [-0.05, 0) is 17.5 Å². The number of ether oxygens (including phenoxy) is 1. The number of carbonyl (C=O) groups is 1. The van der Waals surface area contributed by atoms with Crippen molar-refractivity contribution in [3.63, 3.8) is 0 Å². The molecule has 1 unspecified atom stereocenters. The molecule has 0 aliphatic rings. The molecule has 18 heavy (non-hydrogen) atoms. The highest BCUT2D eigenvalue weighted by Crippen LogP contribution is 2.32. The molecule has 0 radical (unpaired) electrons. The molecule has 0 spiro atoms. The van der Waals surface area contributed by atoms with Crippen LogP contribution in [0.2, 0.25) is 0 Å². The van der Waals surface area contributed by atoms with E-state index < -0.39 is 6.04 Å². The van der Waals surface area contributed by atoms with E-state index in [-0.39, 0.29) is 11.3 Å². The van der Waals surface area contributed by atoms with Crippen molar-refractivity contribution in [2.45, 2.75) is 32.2 Å². The van der Waals surface area contributed by atoms with Crippen molar-refractivity contribution in [2.24, 2.45) is 5.73 Å². The highest BCUT2D eigenvalue weighted by molar-refractivity contribution is 7.12. The van der Waals surface area contributed by atoms with E-state index in [2.05, 4.69) is 32.2 Å². The molecular formula is C13H22N2O2S. The molecule has 0 fully saturated rings. The Bertz CT molecular complexity index is 396. The summed E-state index contributed by atoms with van der Waals surface area (Å²) in [4.78, 5) is 13.7. The van der Waals surface area contributed by atoms with Gasteiger partial charge in [-0.25, -0.2) is 0 Å². The Morgan fingerprint density at radius 1 is 1.50 bits per heavy atom. The molecule has 102 valence electrons. The van der Waals surface area contributed by atoms with Gasteiger partial charge in [-0.3, -0.25) is 10.1 Å². The van der Waals surface area contributed by atoms with Gasteiger partial charge in [0.2, 0.25) is 5.91 Å². The van der Waals surface area contributed by atoms with Gasteiger partial charge in [-0.2, -0.15) is 0 Å². The van der Waals surface area contributed by atoms with Crippen LogP contribution >= 0.6 is 11.3 Å². The van der Waals surface area contributed by atoms with Gasteiger partial charge in [0.25, 0.3) is 0 Å². The number of hydrogen-bond donors (Lipinski definition) is 2. The normalized spacial score (nSPS) is 13.6. The maximum absolute atomic E-state index is 11.5. The van der Waals surface area contributed by atoms with Gasteiger partial charge in [-0.15, -0.1) is 11.3 Å². The minimum atomic E-state index is -0.429. The Hall–Kier alpha value is -0.910. The Labute approximate surface area is 113 Å². The fourth-order valence-corrected chi connectivity index (χ4v) is 2.71. The molecule has 1 rings (SSSR count). The van der Waals surface area contributed by atoms with Crippen LogP contribution in [-0.4, -0.2) is 26.2 Å². The molecule has 1 aromatic heterocycles. The smallest absolute Gasteiger partial charge is 0.239 e. The second-order valence-electron chi connectivity index (χ2n) is 5.23. The summed E-state index contributed by atoms with van der Waals surface area (Å²) >= 11 is 1.63. The third-order valence-electron chi connectivity index (χ3n) is 2.59. The van der Waals surface area contributed by atoms with E-state index in [0.717, 1.165) is 4.88 Å². The molecule has 0 bridgehead atoms. The Kier molecular flexibility index (Phi) is 5.31. The number of hydrogen-bond acceptors (Lipinski definition) is 4. The number of nitrogens with two attached hydrogens (primary N) is 1. The first-order chi connectivity index (χ1) is 8.36. The van der Waals surface area contributed by atoms with Crippen molar-refractivity contribution >= 4 is 17.2 Å². The molecule has 3 N–H and O–H groups in total. The average molecular weight is 270 g/mol. The number of primary amides is 1. The number of rotatable bonds is 6. The highest BCUT2D eigenvalue weighted by Gasteiger charge is 2.22. The lowest BCUT2D eigenvalue weighted by Gasteiger charge is -2.16. The Morgan fingerprint density at radius 3 is 2.61 bits per heavy atom. The Balaban J connectivity index is 2.80. The van der Waals surface area contributed by atoms with E-state index >= 15 is 0 Å². The van der Waals surface area contributed by atoms with Crippen molar-refractivity contribution in [1.29, 1.82) is 0 Å². The van der Waals surface area contributed by atoms with Crippen molar-refractivity contribution < 1.29 is 9.53 Å². The fourth-order valence-electron chi connectivity index (χ4n) is 1.56. The maximum Gasteiger partial charge on any atom is 0.239 e. The summed E-state index contributed by atoms with van der Waals surface area (Å²) in [6.07, 6.45) is 0. The molecule has 0 aromatic carbocycles. The predicted octanol–water partition coefficient (Wildman–Crippen LogP) is 1.81. The molecule has 0 saturated carbocycles. The first kappa shape index (κ1) is 15.1. The number of thiophene rings is 1. The van der Waals surface area contributed by atoms with Gasteiger partial charge in [-0.1, -0.05) is 20.8 Å². The van der Waals surface area contributed by atoms with Crippen LogP contribution in [0.3, 0.4) is 0 Å². The monoisotopic (exact) mass is 270 g/mol. The highest BCUT2D eigenvalue weighted by atomic mass is 32.1. The van der Waals surface area contributed by atoms with Crippen LogP contribution in [-0.2, 0) is 14.9 Å². The van der Waals surface area contributed by atoms with Gasteiger partial charge in [0.15, 0.2) is 0 Å². The molecule has 1 atom stereocenters. The lowest BCUT2D eigenvalue weighted by atomic mass is 9.95. The van der Waals surface area contributed by atoms with Crippen LogP contribution < -0.4 is 11.1 Å². The number of amides is 1. The van der Waals surface area contributed by atoms with E-state index in [9.17, 15) is 4.79 Å². The summed E-state index contributed by atoms with van der Waals surface area (Å²) in [6, 6.07) is 3.61. The zero-order chi connectivity index (χ0) is 13.8. The van der Waals surface area contributed by atoms with Crippen LogP contribution in [0.4, 0.5) is 0 Å². The predicted molar refractivity (Wildman–Crippen MR) is 74.8 cm³/mol. The summed E-state index contributed by atoms with van der Waals surface area (Å²) in [5.74, 6) is -0.353. The summed E-state index contributed by atoms with van der Waals surface area (Å²) in [5, 5.41) is 3.11. The number of nitrogens with one attached hydrogen (secondary N) is 1. The number of methoxy groups -OCH3 is 1. The first-order valence-corrected chi connectivity index (χ1v) is 6.79. The minimum absolute atomic E-state index is 0.0949. The van der Waals surface area contributed by atoms with E-state index in [4.69, 9.17) is 10.5 Å². The fraction of sp³-hybridized carbons (Fsp3) is 0.615. The molecule has 1 heterocycles. The summed E-state index contributed by atoms with van der Waals surface area (Å²) in [5.41, 5.74) is 5.53. The summed E-state index contributed by atoms with van der Waals surface area (Å²) in [6.45, 7) is 7.62. The molecular weight excluding hydrogens is 248 g/mol. The second-order valence-corrected chi connectivity index (χ2v) is 6.35. The molecule has 1 aromatic rings. The Morgan fingerprint density at radius 2 is 2.17 bits per heavy atom. The molecule has 0 saturated heterocycles. The molecule has 4 nitrogen and oxygen atoms in total. The zero-order valence-corrected chi connectivity index (χ0v) is 12.3. The topological polar surface area (TPSA) is 64.3 Å². The summed E-state index contributed by atoms with van der Waals surface area (Å²) < 4.78 is 4.96. The van der Waals surface area contributed by atoms with Gasteiger partial charge >= 0.3 is 0 Å². The van der Waals surface area contributed by atoms with Crippen molar-refractivity contribution in [3.8, 4) is 0 Å². The van der Waals surface area contributed by atoms with Crippen LogP contribution in [0.15, 0.2) is 12.1 Å². The van der Waals surface area contributed by atoms with Crippen LogP contribution in [0.25, 0.3) is 0 Å². The third kappa shape index (κ3) is 4.08. The lowest BCUT2D eigenvalue weighted by Crippen LogP contribution is -2.34. The van der Waals surface area contributed by atoms with Crippen LogP contribution in [0, 0.1) is 0 Å². The largest absolute Gasteiger partial charge is 0.383 e. The zero-order valence-electron chi connectivity index (χ0n) is 11.4. The molecule has 1 amide bonds. The molecule has 0 aliphatic carbocycles. The lowest BCUT2D eigenvalue weighted by molar-refractivity contribution is -0.120. The van der Waals surface area contributed by atoms with Crippen molar-refractivity contribution in [3.05, 3.63) is 21.9 Å². The van der Waals surface area contributed by atoms with E-state index in [1.54, 1.807) is 18.4 Å². The van der Waals surface area contributed by atoms with Gasteiger partial charge < -0.3 is 10.5 Å². The summed E-state index contributed by atoms with van der Waals surface area (Å²) in [7, 11) is 1.63. The minimum Gasteiger partial charge on any atom is -0.383 e. The average Bonchev–Trinajstić information content (AvgIpc) is 2.72. The van der Waals surface area contributed by atoms with Crippen molar-refractivity contribution in [2.75, 3.05) is 20.3 Å². The quantitative estimate of drug-likeness (QED) is 0.775. The van der Waals surface area contributed by atoms with Gasteiger partial charge in [0.1, 0.15) is 6.04 Å². The van der Waals surface area contributed by atoms with Gasteiger partial charge in [0.05, 0.1) is 6.61 Å². The van der Waals surface area contributed by atoms with Gasteiger partial charge in [0, 0.05) is 23.4 Å². The standard InChI is InChI=1S/C13H22N2O2S/c1-13(2,3)10-6-5-9(18-10)11(12(14)16)15-7-8-17-4/h5-6,11,15H,7-8H2,1-4H3,(H2,14,16). The van der Waals surface area contributed by atoms with E-state index in [0.29, 0.717) is 13.2 Å². The van der Waals surface area contributed by atoms with E-state index in [1.165, 1.54) is 4.88 Å². The third-order valence-corrected chi connectivity index (χ3v) is 4.17. The van der Waals surface area contributed by atoms with Crippen molar-refractivity contribution in [1.82, 2.24) is 5.32 Å². The number of carbonyl (C=O) groups excluding carboxylic acids is 1. The molecule has 5 heteroatoms. The molecule has 0 aliphatic heterocycles. The SMILES string of the molecule is COCCNC(C(N)=O)c1ccc(C(C)(C)C)s1.